The first kappa shape index (κ1) is 12.7. The van der Waals surface area contributed by atoms with E-state index in [4.69, 9.17) is 21.6 Å². The highest BCUT2D eigenvalue weighted by molar-refractivity contribution is 5.85. The van der Waals surface area contributed by atoms with E-state index in [0.29, 0.717) is 16.8 Å². The molecule has 2 aromatic rings. The van der Waals surface area contributed by atoms with Crippen molar-refractivity contribution in [2.45, 2.75) is 0 Å². The van der Waals surface area contributed by atoms with E-state index in [0.717, 1.165) is 0 Å². The normalized spacial score (nSPS) is 10.5. The molecule has 0 radical (unpaired) electrons. The van der Waals surface area contributed by atoms with Crippen molar-refractivity contribution >= 4 is 34.6 Å². The number of anilines is 2. The van der Waals surface area contributed by atoms with Crippen molar-refractivity contribution in [3.63, 3.8) is 0 Å². The molecule has 6 N–H and O–H groups in total. The number of carbonyl (C=O) groups is 2. The Morgan fingerprint density at radius 2 is 1.84 bits per heavy atom. The van der Waals surface area contributed by atoms with Crippen molar-refractivity contribution in [2.75, 3.05) is 23.7 Å². The molecule has 2 amide bonds. The van der Waals surface area contributed by atoms with Gasteiger partial charge in [-0.3, -0.25) is 9.59 Å². The molecule has 0 saturated heterocycles. The molecule has 19 heavy (non-hydrogen) atoms. The van der Waals surface area contributed by atoms with Gasteiger partial charge in [-0.25, -0.2) is 0 Å². The number of oxazole rings is 1. The second-order valence-corrected chi connectivity index (χ2v) is 4.01. The zero-order chi connectivity index (χ0) is 14.0. The lowest BCUT2D eigenvalue weighted by atomic mass is 10.3. The zero-order valence-electron chi connectivity index (χ0n) is 10.00. The largest absolute Gasteiger partial charge is 0.423 e. The van der Waals surface area contributed by atoms with Gasteiger partial charge in [0.2, 0.25) is 11.8 Å². The van der Waals surface area contributed by atoms with Crippen molar-refractivity contribution in [1.82, 2.24) is 4.98 Å². The number of nitrogens with two attached hydrogens (primary N) is 3. The smallest absolute Gasteiger partial charge is 0.299 e. The summed E-state index contributed by atoms with van der Waals surface area (Å²) in [6.45, 7) is -0.434. The number of rotatable bonds is 5. The summed E-state index contributed by atoms with van der Waals surface area (Å²) in [5.74, 6) is -1.24. The van der Waals surface area contributed by atoms with Gasteiger partial charge >= 0.3 is 0 Å². The molecular formula is C11H13N5O3. The highest BCUT2D eigenvalue weighted by atomic mass is 16.4. The second kappa shape index (κ2) is 4.84. The van der Waals surface area contributed by atoms with Crippen molar-refractivity contribution in [3.05, 3.63) is 18.2 Å². The fraction of sp³-hybridized carbons (Fsp3) is 0.182. The van der Waals surface area contributed by atoms with Crippen LogP contribution in [0, 0.1) is 0 Å². The van der Waals surface area contributed by atoms with E-state index in [-0.39, 0.29) is 19.1 Å². The first-order chi connectivity index (χ1) is 8.95. The van der Waals surface area contributed by atoms with Gasteiger partial charge in [-0.2, -0.15) is 4.98 Å². The second-order valence-electron chi connectivity index (χ2n) is 4.01. The van der Waals surface area contributed by atoms with Crippen LogP contribution in [-0.4, -0.2) is 29.9 Å². The van der Waals surface area contributed by atoms with Gasteiger partial charge in [0, 0.05) is 11.8 Å². The van der Waals surface area contributed by atoms with Crippen LogP contribution in [0.2, 0.25) is 0 Å². The Bertz CT molecular complexity index is 620. The SMILES string of the molecule is NC(=O)CN(CC(N)=O)c1nc2ccc(N)cc2o1. The molecule has 0 unspecified atom stereocenters. The summed E-state index contributed by atoms with van der Waals surface area (Å²) in [6.07, 6.45) is 0. The minimum absolute atomic E-state index is 0.0956. The van der Waals surface area contributed by atoms with Gasteiger partial charge < -0.3 is 26.5 Å². The molecule has 0 aliphatic carbocycles. The van der Waals surface area contributed by atoms with Crippen LogP contribution in [0.15, 0.2) is 22.6 Å². The number of aromatic nitrogens is 1. The summed E-state index contributed by atoms with van der Waals surface area (Å²) in [7, 11) is 0. The van der Waals surface area contributed by atoms with Crippen molar-refractivity contribution in [3.8, 4) is 0 Å². The van der Waals surface area contributed by atoms with E-state index in [2.05, 4.69) is 4.98 Å². The Kier molecular flexibility index (Phi) is 3.23. The Morgan fingerprint density at radius 1 is 1.21 bits per heavy atom. The maximum Gasteiger partial charge on any atom is 0.299 e. The van der Waals surface area contributed by atoms with E-state index >= 15 is 0 Å². The van der Waals surface area contributed by atoms with Crippen molar-refractivity contribution in [2.24, 2.45) is 11.5 Å². The molecule has 1 aromatic heterocycles. The van der Waals surface area contributed by atoms with Gasteiger partial charge in [0.15, 0.2) is 5.58 Å². The molecule has 0 saturated carbocycles. The van der Waals surface area contributed by atoms with E-state index in [1.54, 1.807) is 18.2 Å². The predicted octanol–water partition coefficient (Wildman–Crippen LogP) is -0.813. The fourth-order valence-electron chi connectivity index (χ4n) is 1.63. The van der Waals surface area contributed by atoms with Crippen LogP contribution in [0.4, 0.5) is 11.7 Å². The third-order valence-electron chi connectivity index (χ3n) is 2.37. The minimum Gasteiger partial charge on any atom is -0.423 e. The number of nitrogen functional groups attached to an aromatic ring is 1. The average Bonchev–Trinajstić information content (AvgIpc) is 2.69. The standard InChI is InChI=1S/C11H13N5O3/c12-6-1-2-7-8(3-6)19-11(15-7)16(4-9(13)17)5-10(14)18/h1-3H,4-5,12H2,(H2,13,17)(H2,14,18). The van der Waals surface area contributed by atoms with Crippen LogP contribution in [-0.2, 0) is 9.59 Å². The van der Waals surface area contributed by atoms with Crippen LogP contribution in [0.25, 0.3) is 11.1 Å². The highest BCUT2D eigenvalue weighted by Gasteiger charge is 2.18. The van der Waals surface area contributed by atoms with Gasteiger partial charge in [0.1, 0.15) is 18.6 Å². The van der Waals surface area contributed by atoms with Crippen LogP contribution >= 0.6 is 0 Å². The van der Waals surface area contributed by atoms with E-state index in [9.17, 15) is 9.59 Å². The molecule has 2 rings (SSSR count). The van der Waals surface area contributed by atoms with Crippen molar-refractivity contribution < 1.29 is 14.0 Å². The fourth-order valence-corrected chi connectivity index (χ4v) is 1.63. The summed E-state index contributed by atoms with van der Waals surface area (Å²) in [6, 6.07) is 5.03. The number of benzene rings is 1. The number of primary amides is 2. The Morgan fingerprint density at radius 3 is 2.42 bits per heavy atom. The van der Waals surface area contributed by atoms with E-state index < -0.39 is 11.8 Å². The molecule has 0 bridgehead atoms. The maximum atomic E-state index is 11.0. The molecule has 0 aliphatic heterocycles. The summed E-state index contributed by atoms with van der Waals surface area (Å²) in [5, 5.41) is 0. The number of amides is 2. The van der Waals surface area contributed by atoms with Crippen LogP contribution in [0.3, 0.4) is 0 Å². The van der Waals surface area contributed by atoms with Gasteiger partial charge in [0.05, 0.1) is 0 Å². The third-order valence-corrected chi connectivity index (χ3v) is 2.37. The average molecular weight is 263 g/mol. The molecule has 0 atom stereocenters. The number of carbonyl (C=O) groups excluding carboxylic acids is 2. The molecule has 0 aliphatic rings. The van der Waals surface area contributed by atoms with Crippen LogP contribution in [0.1, 0.15) is 0 Å². The first-order valence-corrected chi connectivity index (χ1v) is 5.43. The van der Waals surface area contributed by atoms with Gasteiger partial charge in [0.25, 0.3) is 6.01 Å². The molecule has 1 aromatic carbocycles. The van der Waals surface area contributed by atoms with E-state index in [1.807, 2.05) is 0 Å². The Hall–Kier alpha value is -2.77. The predicted molar refractivity (Wildman–Crippen MR) is 69.0 cm³/mol. The van der Waals surface area contributed by atoms with Crippen molar-refractivity contribution in [1.29, 1.82) is 0 Å². The quantitative estimate of drug-likeness (QED) is 0.602. The summed E-state index contributed by atoms with van der Waals surface area (Å²) in [4.78, 5) is 27.4. The molecular weight excluding hydrogens is 250 g/mol. The highest BCUT2D eigenvalue weighted by Crippen LogP contribution is 2.23. The van der Waals surface area contributed by atoms with E-state index in [1.165, 1.54) is 4.90 Å². The summed E-state index contributed by atoms with van der Waals surface area (Å²) in [5.41, 5.74) is 17.4. The number of hydrogen-bond acceptors (Lipinski definition) is 6. The van der Waals surface area contributed by atoms with Gasteiger partial charge in [-0.15, -0.1) is 0 Å². The molecule has 1 heterocycles. The third kappa shape index (κ3) is 2.92. The van der Waals surface area contributed by atoms with Gasteiger partial charge in [-0.1, -0.05) is 0 Å². The zero-order valence-corrected chi connectivity index (χ0v) is 10.00. The Labute approximate surface area is 108 Å². The lowest BCUT2D eigenvalue weighted by Gasteiger charge is -2.16. The molecule has 0 fully saturated rings. The lowest BCUT2D eigenvalue weighted by Crippen LogP contribution is -2.39. The summed E-state index contributed by atoms with van der Waals surface area (Å²) >= 11 is 0. The minimum atomic E-state index is -0.622. The molecule has 8 heteroatoms. The Balaban J connectivity index is 2.37. The van der Waals surface area contributed by atoms with Crippen LogP contribution in [0.5, 0.6) is 0 Å². The summed E-state index contributed by atoms with van der Waals surface area (Å²) < 4.78 is 5.43. The topological polar surface area (TPSA) is 141 Å². The molecule has 100 valence electrons. The number of fused-ring (bicyclic) bond motifs is 1. The molecule has 0 spiro atoms. The lowest BCUT2D eigenvalue weighted by molar-refractivity contribution is -0.117. The number of nitrogens with zero attached hydrogens (tertiary/aromatic N) is 2. The maximum absolute atomic E-state index is 11.0. The first-order valence-electron chi connectivity index (χ1n) is 5.43. The number of hydrogen-bond donors (Lipinski definition) is 3. The molecule has 8 nitrogen and oxygen atoms in total. The van der Waals surface area contributed by atoms with Gasteiger partial charge in [-0.05, 0) is 12.1 Å². The van der Waals surface area contributed by atoms with Crippen LogP contribution < -0.4 is 22.1 Å². The monoisotopic (exact) mass is 263 g/mol.